The van der Waals surface area contributed by atoms with Crippen LogP contribution in [0.5, 0.6) is 0 Å². The first kappa shape index (κ1) is 17.5. The standard InChI is InChI=1S/C25H22OSi/c1-5-13-22(14-6-1)21-26-27(23-15-7-2-8-16-23,24-17-9-3-10-18-24)25-19-11-4-12-20-25/h1-20H,21H2. The first-order valence-corrected chi connectivity index (χ1v) is 11.1. The van der Waals surface area contributed by atoms with Gasteiger partial charge in [-0.3, -0.25) is 0 Å². The van der Waals surface area contributed by atoms with Crippen molar-refractivity contribution in [2.45, 2.75) is 6.61 Å². The van der Waals surface area contributed by atoms with Gasteiger partial charge < -0.3 is 4.43 Å². The van der Waals surface area contributed by atoms with Crippen molar-refractivity contribution < 1.29 is 4.43 Å². The van der Waals surface area contributed by atoms with E-state index in [0.717, 1.165) is 0 Å². The van der Waals surface area contributed by atoms with Crippen molar-refractivity contribution in [3.63, 3.8) is 0 Å². The molecule has 0 fully saturated rings. The molecular weight excluding hydrogens is 344 g/mol. The minimum Gasteiger partial charge on any atom is -0.400 e. The predicted molar refractivity (Wildman–Crippen MR) is 115 cm³/mol. The van der Waals surface area contributed by atoms with Gasteiger partial charge in [0.1, 0.15) is 0 Å². The van der Waals surface area contributed by atoms with Gasteiger partial charge in [-0.1, -0.05) is 121 Å². The lowest BCUT2D eigenvalue weighted by Gasteiger charge is -2.33. The smallest absolute Gasteiger partial charge is 0.288 e. The van der Waals surface area contributed by atoms with Crippen LogP contribution in [0.4, 0.5) is 0 Å². The molecule has 0 aromatic heterocycles. The predicted octanol–water partition coefficient (Wildman–Crippen LogP) is 3.87. The molecule has 2 heteroatoms. The molecule has 0 heterocycles. The fourth-order valence-corrected chi connectivity index (χ4v) is 7.40. The van der Waals surface area contributed by atoms with Crippen LogP contribution in [0.15, 0.2) is 121 Å². The summed E-state index contributed by atoms with van der Waals surface area (Å²) in [4.78, 5) is 0. The van der Waals surface area contributed by atoms with Crippen molar-refractivity contribution in [3.8, 4) is 0 Å². The number of hydrogen-bond acceptors (Lipinski definition) is 1. The molecule has 0 aliphatic carbocycles. The number of benzene rings is 4. The molecule has 0 aliphatic heterocycles. The zero-order chi connectivity index (χ0) is 18.4. The van der Waals surface area contributed by atoms with Crippen molar-refractivity contribution in [1.29, 1.82) is 0 Å². The lowest BCUT2D eigenvalue weighted by molar-refractivity contribution is 0.312. The Kier molecular flexibility index (Phi) is 5.29. The van der Waals surface area contributed by atoms with E-state index in [1.807, 2.05) is 6.07 Å². The molecule has 0 bridgehead atoms. The second-order valence-electron chi connectivity index (χ2n) is 6.55. The largest absolute Gasteiger partial charge is 0.400 e. The van der Waals surface area contributed by atoms with Crippen molar-refractivity contribution in [1.82, 2.24) is 0 Å². The average molecular weight is 367 g/mol. The highest BCUT2D eigenvalue weighted by atomic mass is 28.4. The van der Waals surface area contributed by atoms with E-state index in [2.05, 4.69) is 115 Å². The SMILES string of the molecule is c1ccc(CO[Si](c2ccccc2)(c2ccccc2)c2ccccc2)cc1. The second kappa shape index (κ2) is 8.17. The molecule has 27 heavy (non-hydrogen) atoms. The fraction of sp³-hybridized carbons (Fsp3) is 0.0400. The van der Waals surface area contributed by atoms with E-state index in [0.29, 0.717) is 6.61 Å². The Morgan fingerprint density at radius 2 is 0.778 bits per heavy atom. The molecule has 0 unspecified atom stereocenters. The Morgan fingerprint density at radius 3 is 1.15 bits per heavy atom. The van der Waals surface area contributed by atoms with E-state index in [1.54, 1.807) is 0 Å². The van der Waals surface area contributed by atoms with Crippen LogP contribution >= 0.6 is 0 Å². The topological polar surface area (TPSA) is 9.23 Å². The lowest BCUT2D eigenvalue weighted by Crippen LogP contribution is -2.69. The number of rotatable bonds is 6. The molecule has 4 aromatic rings. The maximum atomic E-state index is 6.91. The second-order valence-corrected chi connectivity index (χ2v) is 9.94. The molecule has 0 radical (unpaired) electrons. The van der Waals surface area contributed by atoms with Crippen LogP contribution in [0.3, 0.4) is 0 Å². The molecular formula is C25H22OSi. The van der Waals surface area contributed by atoms with Crippen molar-refractivity contribution >= 4 is 23.9 Å². The van der Waals surface area contributed by atoms with Crippen LogP contribution in [-0.2, 0) is 11.0 Å². The summed E-state index contributed by atoms with van der Waals surface area (Å²) in [6.45, 7) is 0.589. The van der Waals surface area contributed by atoms with E-state index in [9.17, 15) is 0 Å². The highest BCUT2D eigenvalue weighted by molar-refractivity contribution is 7.07. The van der Waals surface area contributed by atoms with Gasteiger partial charge in [0.15, 0.2) is 0 Å². The van der Waals surface area contributed by atoms with Crippen LogP contribution < -0.4 is 15.6 Å². The van der Waals surface area contributed by atoms with Gasteiger partial charge in [-0.25, -0.2) is 0 Å². The summed E-state index contributed by atoms with van der Waals surface area (Å²) < 4.78 is 6.91. The van der Waals surface area contributed by atoms with Crippen molar-refractivity contribution in [2.24, 2.45) is 0 Å². The monoisotopic (exact) mass is 366 g/mol. The molecule has 4 rings (SSSR count). The minimum atomic E-state index is -2.61. The van der Waals surface area contributed by atoms with E-state index in [4.69, 9.17) is 4.43 Å². The highest BCUT2D eigenvalue weighted by Crippen LogP contribution is 2.13. The summed E-state index contributed by atoms with van der Waals surface area (Å²) in [5.41, 5.74) is 1.19. The third-order valence-electron chi connectivity index (χ3n) is 4.84. The van der Waals surface area contributed by atoms with Gasteiger partial charge in [-0.15, -0.1) is 0 Å². The fourth-order valence-electron chi connectivity index (χ4n) is 3.53. The third kappa shape index (κ3) is 3.63. The molecule has 4 aromatic carbocycles. The van der Waals surface area contributed by atoms with Gasteiger partial charge in [0.05, 0.1) is 6.61 Å². The molecule has 1 nitrogen and oxygen atoms in total. The quantitative estimate of drug-likeness (QED) is 0.372. The Labute approximate surface area is 162 Å². The first-order chi connectivity index (χ1) is 13.4. The molecule has 0 spiro atoms. The highest BCUT2D eigenvalue weighted by Gasteiger charge is 2.41. The Bertz CT molecular complexity index is 857. The first-order valence-electron chi connectivity index (χ1n) is 9.24. The summed E-state index contributed by atoms with van der Waals surface area (Å²) in [5, 5.41) is 3.79. The van der Waals surface area contributed by atoms with E-state index >= 15 is 0 Å². The zero-order valence-electron chi connectivity index (χ0n) is 15.2. The molecule has 0 amide bonds. The van der Waals surface area contributed by atoms with Gasteiger partial charge >= 0.3 is 0 Å². The average Bonchev–Trinajstić information content (AvgIpc) is 2.77. The Morgan fingerprint density at radius 1 is 0.444 bits per heavy atom. The Balaban J connectivity index is 1.89. The van der Waals surface area contributed by atoms with E-state index in [1.165, 1.54) is 21.1 Å². The van der Waals surface area contributed by atoms with Gasteiger partial charge in [-0.05, 0) is 21.1 Å². The molecule has 0 saturated heterocycles. The van der Waals surface area contributed by atoms with Crippen LogP contribution in [0.2, 0.25) is 0 Å². The Hall–Kier alpha value is -2.94. The molecule has 0 N–H and O–H groups in total. The van der Waals surface area contributed by atoms with Crippen molar-refractivity contribution in [2.75, 3.05) is 0 Å². The van der Waals surface area contributed by atoms with Gasteiger partial charge in [0, 0.05) is 0 Å². The summed E-state index contributed by atoms with van der Waals surface area (Å²) in [7, 11) is -2.61. The maximum Gasteiger partial charge on any atom is 0.288 e. The lowest BCUT2D eigenvalue weighted by atomic mass is 10.2. The van der Waals surface area contributed by atoms with Crippen LogP contribution in [0.25, 0.3) is 0 Å². The summed E-state index contributed by atoms with van der Waals surface area (Å²) in [6, 6.07) is 42.5. The summed E-state index contributed by atoms with van der Waals surface area (Å²) in [5.74, 6) is 0. The molecule has 132 valence electrons. The van der Waals surface area contributed by atoms with E-state index < -0.39 is 8.32 Å². The summed E-state index contributed by atoms with van der Waals surface area (Å²) >= 11 is 0. The number of hydrogen-bond donors (Lipinski definition) is 0. The van der Waals surface area contributed by atoms with Crippen LogP contribution in [0.1, 0.15) is 5.56 Å². The van der Waals surface area contributed by atoms with Crippen molar-refractivity contribution in [3.05, 3.63) is 127 Å². The van der Waals surface area contributed by atoms with Gasteiger partial charge in [0.25, 0.3) is 8.32 Å². The zero-order valence-corrected chi connectivity index (χ0v) is 16.2. The third-order valence-corrected chi connectivity index (χ3v) is 8.86. The summed E-state index contributed by atoms with van der Waals surface area (Å²) in [6.07, 6.45) is 0. The molecule has 0 atom stereocenters. The maximum absolute atomic E-state index is 6.91. The van der Waals surface area contributed by atoms with Gasteiger partial charge in [0.2, 0.25) is 0 Å². The molecule has 0 aliphatic rings. The van der Waals surface area contributed by atoms with Gasteiger partial charge in [-0.2, -0.15) is 0 Å². The van der Waals surface area contributed by atoms with E-state index in [-0.39, 0.29) is 0 Å². The van der Waals surface area contributed by atoms with Crippen LogP contribution in [0, 0.1) is 0 Å². The minimum absolute atomic E-state index is 0.589. The molecule has 0 saturated carbocycles. The van der Waals surface area contributed by atoms with Crippen LogP contribution in [-0.4, -0.2) is 8.32 Å². The normalized spacial score (nSPS) is 11.3.